The monoisotopic (exact) mass is 379 g/mol. The molecule has 0 radical (unpaired) electrons. The van der Waals surface area contributed by atoms with E-state index in [-0.39, 0.29) is 17.2 Å². The van der Waals surface area contributed by atoms with Crippen molar-refractivity contribution in [1.29, 1.82) is 0 Å². The van der Waals surface area contributed by atoms with Crippen LogP contribution in [0.4, 0.5) is 4.39 Å². The lowest BCUT2D eigenvalue weighted by Crippen LogP contribution is -2.06. The van der Waals surface area contributed by atoms with E-state index in [2.05, 4.69) is 4.98 Å². The third kappa shape index (κ3) is 2.42. The predicted octanol–water partition coefficient (Wildman–Crippen LogP) is 3.81. The first-order valence-corrected chi connectivity index (χ1v) is 6.60. The SMILES string of the molecule is CCOC(=O)c1cnc2c(I)cc(F)cc2c1Cl. The normalized spacial score (nSPS) is 10.7. The van der Waals surface area contributed by atoms with Crippen LogP contribution in [0, 0.1) is 9.39 Å². The maximum Gasteiger partial charge on any atom is 0.341 e. The Labute approximate surface area is 121 Å². The van der Waals surface area contributed by atoms with Gasteiger partial charge in [-0.05, 0) is 41.6 Å². The summed E-state index contributed by atoms with van der Waals surface area (Å²) in [5.41, 5.74) is 0.711. The highest BCUT2D eigenvalue weighted by molar-refractivity contribution is 14.1. The van der Waals surface area contributed by atoms with Crippen LogP contribution in [0.5, 0.6) is 0 Å². The molecule has 18 heavy (non-hydrogen) atoms. The molecule has 0 unspecified atom stereocenters. The molecule has 0 saturated heterocycles. The average molecular weight is 380 g/mol. The lowest BCUT2D eigenvalue weighted by atomic mass is 10.1. The summed E-state index contributed by atoms with van der Waals surface area (Å²) in [7, 11) is 0. The molecule has 0 bridgehead atoms. The Bertz CT molecular complexity index is 633. The summed E-state index contributed by atoms with van der Waals surface area (Å²) in [5.74, 6) is -0.979. The molecule has 0 aliphatic carbocycles. The van der Waals surface area contributed by atoms with E-state index in [4.69, 9.17) is 16.3 Å². The van der Waals surface area contributed by atoms with Gasteiger partial charge in [0.25, 0.3) is 0 Å². The molecule has 2 rings (SSSR count). The van der Waals surface area contributed by atoms with Crippen molar-refractivity contribution in [3.8, 4) is 0 Å². The molecule has 0 N–H and O–H groups in total. The summed E-state index contributed by atoms with van der Waals surface area (Å²) in [6.45, 7) is 1.94. The number of rotatable bonds is 2. The maximum absolute atomic E-state index is 13.4. The minimum atomic E-state index is -0.559. The molecule has 2 aromatic rings. The second kappa shape index (κ2) is 5.36. The summed E-state index contributed by atoms with van der Waals surface area (Å²) in [4.78, 5) is 15.8. The van der Waals surface area contributed by atoms with Gasteiger partial charge < -0.3 is 4.74 Å². The van der Waals surface area contributed by atoms with Crippen molar-refractivity contribution in [3.05, 3.63) is 38.3 Å². The smallest absolute Gasteiger partial charge is 0.341 e. The van der Waals surface area contributed by atoms with E-state index >= 15 is 0 Å². The fourth-order valence-corrected chi connectivity index (χ4v) is 2.54. The van der Waals surface area contributed by atoms with Crippen LogP contribution >= 0.6 is 34.2 Å². The molecular formula is C12H8ClFINO2. The number of hydrogen-bond donors (Lipinski definition) is 0. The lowest BCUT2D eigenvalue weighted by molar-refractivity contribution is 0.0526. The van der Waals surface area contributed by atoms with Crippen LogP contribution in [0.3, 0.4) is 0 Å². The number of carbonyl (C=O) groups is 1. The Kier molecular flexibility index (Phi) is 4.01. The number of hydrogen-bond acceptors (Lipinski definition) is 3. The van der Waals surface area contributed by atoms with E-state index < -0.39 is 11.8 Å². The van der Waals surface area contributed by atoms with E-state index in [0.29, 0.717) is 14.5 Å². The lowest BCUT2D eigenvalue weighted by Gasteiger charge is -2.07. The van der Waals surface area contributed by atoms with Gasteiger partial charge in [0.2, 0.25) is 0 Å². The van der Waals surface area contributed by atoms with Crippen molar-refractivity contribution in [2.45, 2.75) is 6.92 Å². The Balaban J connectivity index is 2.67. The highest BCUT2D eigenvalue weighted by Crippen LogP contribution is 2.29. The number of aromatic nitrogens is 1. The van der Waals surface area contributed by atoms with Crippen LogP contribution in [-0.4, -0.2) is 17.6 Å². The molecule has 0 aliphatic rings. The second-order valence-corrected chi connectivity index (χ2v) is 5.03. The molecule has 0 saturated carbocycles. The number of benzene rings is 1. The largest absolute Gasteiger partial charge is 0.462 e. The molecule has 0 spiro atoms. The average Bonchev–Trinajstić information content (AvgIpc) is 2.30. The standard InChI is InChI=1S/C12H8ClFINO2/c1-2-18-12(17)8-5-16-11-7(10(8)13)3-6(14)4-9(11)15/h3-5H,2H2,1H3. The van der Waals surface area contributed by atoms with Crippen molar-refractivity contribution < 1.29 is 13.9 Å². The zero-order valence-electron chi connectivity index (χ0n) is 9.34. The Morgan fingerprint density at radius 2 is 2.28 bits per heavy atom. The molecule has 0 amide bonds. The fourth-order valence-electron chi connectivity index (χ4n) is 1.55. The van der Waals surface area contributed by atoms with Crippen molar-refractivity contribution in [2.75, 3.05) is 6.61 Å². The number of carbonyl (C=O) groups excluding carboxylic acids is 1. The molecule has 0 aliphatic heterocycles. The summed E-state index contributed by atoms with van der Waals surface area (Å²) < 4.78 is 18.8. The highest BCUT2D eigenvalue weighted by Gasteiger charge is 2.16. The number of fused-ring (bicyclic) bond motifs is 1. The molecule has 6 heteroatoms. The molecule has 1 heterocycles. The summed E-state index contributed by atoms with van der Waals surface area (Å²) in [6, 6.07) is 2.62. The summed E-state index contributed by atoms with van der Waals surface area (Å²) in [5, 5.41) is 0.572. The first-order chi connectivity index (χ1) is 8.54. The number of halogens is 3. The highest BCUT2D eigenvalue weighted by atomic mass is 127. The molecule has 0 fully saturated rings. The number of nitrogens with zero attached hydrogens (tertiary/aromatic N) is 1. The van der Waals surface area contributed by atoms with Crippen molar-refractivity contribution >= 4 is 51.1 Å². The second-order valence-electron chi connectivity index (χ2n) is 3.49. The molecule has 1 aromatic heterocycles. The van der Waals surface area contributed by atoms with E-state index in [0.717, 1.165) is 0 Å². The van der Waals surface area contributed by atoms with Crippen molar-refractivity contribution in [1.82, 2.24) is 4.98 Å². The van der Waals surface area contributed by atoms with Gasteiger partial charge in [-0.1, -0.05) is 11.6 Å². The Morgan fingerprint density at radius 3 is 2.94 bits per heavy atom. The van der Waals surface area contributed by atoms with Gasteiger partial charge in [0, 0.05) is 15.2 Å². The van der Waals surface area contributed by atoms with Gasteiger partial charge in [-0.15, -0.1) is 0 Å². The molecule has 3 nitrogen and oxygen atoms in total. The van der Waals surface area contributed by atoms with Crippen LogP contribution < -0.4 is 0 Å². The summed E-state index contributed by atoms with van der Waals surface area (Å²) >= 11 is 8.07. The van der Waals surface area contributed by atoms with Crippen LogP contribution in [-0.2, 0) is 4.74 Å². The Morgan fingerprint density at radius 1 is 1.56 bits per heavy atom. The first kappa shape index (κ1) is 13.5. The van der Waals surface area contributed by atoms with Gasteiger partial charge in [0.05, 0.1) is 22.7 Å². The molecule has 0 atom stereocenters. The van der Waals surface area contributed by atoms with Crippen molar-refractivity contribution in [3.63, 3.8) is 0 Å². The van der Waals surface area contributed by atoms with Crippen LogP contribution in [0.1, 0.15) is 17.3 Å². The van der Waals surface area contributed by atoms with E-state index in [9.17, 15) is 9.18 Å². The van der Waals surface area contributed by atoms with Gasteiger partial charge >= 0.3 is 5.97 Å². The quantitative estimate of drug-likeness (QED) is 0.588. The van der Waals surface area contributed by atoms with Crippen LogP contribution in [0.15, 0.2) is 18.3 Å². The topological polar surface area (TPSA) is 39.2 Å². The van der Waals surface area contributed by atoms with Gasteiger partial charge in [-0.3, -0.25) is 4.98 Å². The minimum absolute atomic E-state index is 0.146. The number of ether oxygens (including phenoxy) is 1. The van der Waals surface area contributed by atoms with Gasteiger partial charge in [0.1, 0.15) is 5.82 Å². The summed E-state index contributed by atoms with van der Waals surface area (Å²) in [6.07, 6.45) is 1.35. The maximum atomic E-state index is 13.4. The fraction of sp³-hybridized carbons (Fsp3) is 0.167. The van der Waals surface area contributed by atoms with Gasteiger partial charge in [-0.25, -0.2) is 9.18 Å². The molecular weight excluding hydrogens is 371 g/mol. The van der Waals surface area contributed by atoms with E-state index in [1.165, 1.54) is 18.3 Å². The zero-order valence-corrected chi connectivity index (χ0v) is 12.3. The van der Waals surface area contributed by atoms with E-state index in [1.54, 1.807) is 6.92 Å². The minimum Gasteiger partial charge on any atom is -0.462 e. The van der Waals surface area contributed by atoms with E-state index in [1.807, 2.05) is 22.6 Å². The van der Waals surface area contributed by atoms with Crippen molar-refractivity contribution in [2.24, 2.45) is 0 Å². The molecule has 1 aromatic carbocycles. The third-order valence-electron chi connectivity index (χ3n) is 2.32. The molecule has 94 valence electrons. The Hall–Kier alpha value is -0.950. The zero-order chi connectivity index (χ0) is 13.3. The van der Waals surface area contributed by atoms with Gasteiger partial charge in [-0.2, -0.15) is 0 Å². The van der Waals surface area contributed by atoms with Crippen LogP contribution in [0.25, 0.3) is 10.9 Å². The first-order valence-electron chi connectivity index (χ1n) is 5.15. The predicted molar refractivity (Wildman–Crippen MR) is 75.4 cm³/mol. The van der Waals surface area contributed by atoms with Gasteiger partial charge in [0.15, 0.2) is 0 Å². The number of pyridine rings is 1. The van der Waals surface area contributed by atoms with Crippen LogP contribution in [0.2, 0.25) is 5.02 Å². The third-order valence-corrected chi connectivity index (χ3v) is 3.55. The number of esters is 1.